The van der Waals surface area contributed by atoms with Crippen LogP contribution in [0.25, 0.3) is 4.85 Å². The summed E-state index contributed by atoms with van der Waals surface area (Å²) < 4.78 is 26.7. The van der Waals surface area contributed by atoms with E-state index < -0.39 is 29.8 Å². The van der Waals surface area contributed by atoms with Crippen LogP contribution >= 0.6 is 0 Å². The number of aliphatic hydroxyl groups excluding tert-OH is 1. The smallest absolute Gasteiger partial charge is 0.326 e. The lowest BCUT2D eigenvalue weighted by atomic mass is 9.98. The first-order valence-corrected chi connectivity index (χ1v) is 9.69. The first-order valence-electron chi connectivity index (χ1n) is 9.69. The van der Waals surface area contributed by atoms with E-state index in [0.717, 1.165) is 0 Å². The van der Waals surface area contributed by atoms with Crippen LogP contribution in [0.3, 0.4) is 0 Å². The zero-order valence-corrected chi connectivity index (χ0v) is 16.8. The van der Waals surface area contributed by atoms with Gasteiger partial charge in [0.25, 0.3) is 0 Å². The Labute approximate surface area is 179 Å². The van der Waals surface area contributed by atoms with Gasteiger partial charge >= 0.3 is 6.03 Å². The SMILES string of the molecule is [C-]#[N+]c1cccc(C(O)C(CC)N(C(=O)Nc2ccc(F)cc2)c2ccc(F)cc2)c1. The summed E-state index contributed by atoms with van der Waals surface area (Å²) in [5.41, 5.74) is 1.61. The summed E-state index contributed by atoms with van der Waals surface area (Å²) in [6.45, 7) is 9.00. The first-order chi connectivity index (χ1) is 14.9. The maximum atomic E-state index is 13.5. The zero-order chi connectivity index (χ0) is 22.4. The van der Waals surface area contributed by atoms with Crippen molar-refractivity contribution < 1.29 is 18.7 Å². The van der Waals surface area contributed by atoms with Gasteiger partial charge in [-0.05, 0) is 60.5 Å². The van der Waals surface area contributed by atoms with Crippen molar-refractivity contribution in [1.29, 1.82) is 0 Å². The largest absolute Gasteiger partial charge is 0.386 e. The monoisotopic (exact) mass is 421 g/mol. The molecule has 5 nitrogen and oxygen atoms in total. The molecule has 0 heterocycles. The molecule has 3 aromatic carbocycles. The van der Waals surface area contributed by atoms with Crippen LogP contribution in [0.2, 0.25) is 0 Å². The predicted octanol–water partition coefficient (Wildman–Crippen LogP) is 6.07. The van der Waals surface area contributed by atoms with Crippen LogP contribution in [0.5, 0.6) is 0 Å². The third kappa shape index (κ3) is 5.24. The summed E-state index contributed by atoms with van der Waals surface area (Å²) >= 11 is 0. The first kappa shape index (κ1) is 21.9. The summed E-state index contributed by atoms with van der Waals surface area (Å²) in [6, 6.07) is 15.9. The van der Waals surface area contributed by atoms with Gasteiger partial charge in [-0.15, -0.1) is 0 Å². The Morgan fingerprint density at radius 1 is 1.06 bits per heavy atom. The molecule has 0 aromatic heterocycles. The van der Waals surface area contributed by atoms with Crippen molar-refractivity contribution in [2.45, 2.75) is 25.5 Å². The van der Waals surface area contributed by atoms with Gasteiger partial charge in [-0.3, -0.25) is 4.90 Å². The van der Waals surface area contributed by atoms with E-state index in [1.165, 1.54) is 53.4 Å². The number of benzene rings is 3. The fourth-order valence-corrected chi connectivity index (χ4v) is 3.33. The van der Waals surface area contributed by atoms with Crippen molar-refractivity contribution in [3.05, 3.63) is 101 Å². The number of rotatable bonds is 6. The molecule has 0 aliphatic rings. The highest BCUT2D eigenvalue weighted by atomic mass is 19.1. The van der Waals surface area contributed by atoms with E-state index in [2.05, 4.69) is 10.2 Å². The fourth-order valence-electron chi connectivity index (χ4n) is 3.33. The minimum atomic E-state index is -1.10. The van der Waals surface area contributed by atoms with Crippen LogP contribution in [-0.2, 0) is 0 Å². The predicted molar refractivity (Wildman–Crippen MR) is 116 cm³/mol. The second-order valence-corrected chi connectivity index (χ2v) is 6.91. The van der Waals surface area contributed by atoms with Gasteiger partial charge in [0.15, 0.2) is 5.69 Å². The zero-order valence-electron chi connectivity index (χ0n) is 16.8. The molecule has 0 aliphatic carbocycles. The Balaban J connectivity index is 1.98. The van der Waals surface area contributed by atoms with Gasteiger partial charge in [0.05, 0.1) is 18.7 Å². The molecule has 158 valence electrons. The van der Waals surface area contributed by atoms with E-state index in [1.807, 2.05) is 6.92 Å². The van der Waals surface area contributed by atoms with Crippen LogP contribution in [0, 0.1) is 18.2 Å². The van der Waals surface area contributed by atoms with E-state index in [-0.39, 0.29) is 0 Å². The van der Waals surface area contributed by atoms with Crippen molar-refractivity contribution in [2.75, 3.05) is 10.2 Å². The molecule has 7 heteroatoms. The van der Waals surface area contributed by atoms with Crippen LogP contribution in [-0.4, -0.2) is 17.2 Å². The Morgan fingerprint density at radius 3 is 2.26 bits per heavy atom. The van der Waals surface area contributed by atoms with Gasteiger partial charge in [-0.2, -0.15) is 0 Å². The Hall–Kier alpha value is -3.76. The number of hydrogen-bond acceptors (Lipinski definition) is 2. The van der Waals surface area contributed by atoms with Gasteiger partial charge in [-0.1, -0.05) is 31.2 Å². The van der Waals surface area contributed by atoms with E-state index in [0.29, 0.717) is 29.0 Å². The standard InChI is InChI=1S/C24H21F2N3O2/c1-3-22(23(30)16-5-4-6-20(15-16)27-2)29(21-13-9-18(26)10-14-21)24(31)28-19-11-7-17(25)8-12-19/h4-15,22-23,30H,3H2,1H3,(H,28,31). The second kappa shape index (κ2) is 9.83. The summed E-state index contributed by atoms with van der Waals surface area (Å²) in [6.07, 6.45) is -0.729. The van der Waals surface area contributed by atoms with Crippen molar-refractivity contribution in [3.63, 3.8) is 0 Å². The molecule has 0 saturated carbocycles. The number of amides is 2. The van der Waals surface area contributed by atoms with E-state index >= 15 is 0 Å². The van der Waals surface area contributed by atoms with Gasteiger partial charge in [0.1, 0.15) is 11.6 Å². The van der Waals surface area contributed by atoms with E-state index in [9.17, 15) is 18.7 Å². The van der Waals surface area contributed by atoms with Gasteiger partial charge in [-0.25, -0.2) is 18.4 Å². The number of nitrogens with zero attached hydrogens (tertiary/aromatic N) is 2. The lowest BCUT2D eigenvalue weighted by Crippen LogP contribution is -2.46. The molecular formula is C24H21F2N3O2. The summed E-state index contributed by atoms with van der Waals surface area (Å²) in [7, 11) is 0. The molecule has 31 heavy (non-hydrogen) atoms. The number of carbonyl (C=O) groups excluding carboxylic acids is 1. The Morgan fingerprint density at radius 2 is 1.68 bits per heavy atom. The summed E-state index contributed by atoms with van der Waals surface area (Å²) in [5.74, 6) is -0.893. The quantitative estimate of drug-likeness (QED) is 0.475. The molecule has 2 N–H and O–H groups in total. The highest BCUT2D eigenvalue weighted by Gasteiger charge is 2.31. The molecule has 0 radical (unpaired) electrons. The third-order valence-electron chi connectivity index (χ3n) is 4.87. The van der Waals surface area contributed by atoms with Crippen molar-refractivity contribution in [1.82, 2.24) is 0 Å². The number of halogens is 2. The Kier molecular flexibility index (Phi) is 6.96. The average molecular weight is 421 g/mol. The van der Waals surface area contributed by atoms with Crippen LogP contribution in [0.1, 0.15) is 25.0 Å². The molecule has 0 spiro atoms. The average Bonchev–Trinajstić information content (AvgIpc) is 2.79. The lowest BCUT2D eigenvalue weighted by Gasteiger charge is -2.34. The van der Waals surface area contributed by atoms with Gasteiger partial charge in [0.2, 0.25) is 0 Å². The normalized spacial score (nSPS) is 12.5. The molecule has 3 aromatic rings. The Bertz CT molecular complexity index is 1080. The van der Waals surface area contributed by atoms with Gasteiger partial charge in [0, 0.05) is 11.4 Å². The number of hydrogen-bond donors (Lipinski definition) is 2. The van der Waals surface area contributed by atoms with Crippen LogP contribution in [0.15, 0.2) is 72.8 Å². The topological polar surface area (TPSA) is 56.9 Å². The molecule has 0 fully saturated rings. The lowest BCUT2D eigenvalue weighted by molar-refractivity contribution is 0.141. The number of aliphatic hydroxyl groups is 1. The summed E-state index contributed by atoms with van der Waals surface area (Å²) in [5, 5.41) is 13.8. The van der Waals surface area contributed by atoms with Gasteiger partial charge < -0.3 is 10.4 Å². The molecule has 2 unspecified atom stereocenters. The van der Waals surface area contributed by atoms with Crippen molar-refractivity contribution >= 4 is 23.1 Å². The van der Waals surface area contributed by atoms with Crippen molar-refractivity contribution in [2.24, 2.45) is 0 Å². The third-order valence-corrected chi connectivity index (χ3v) is 4.87. The van der Waals surface area contributed by atoms with Crippen LogP contribution in [0.4, 0.5) is 30.6 Å². The highest BCUT2D eigenvalue weighted by molar-refractivity contribution is 6.02. The molecule has 3 rings (SSSR count). The maximum absolute atomic E-state index is 13.5. The molecule has 2 atom stereocenters. The summed E-state index contributed by atoms with van der Waals surface area (Å²) in [4.78, 5) is 17.9. The molecule has 0 aliphatic heterocycles. The highest BCUT2D eigenvalue weighted by Crippen LogP contribution is 2.30. The van der Waals surface area contributed by atoms with Crippen LogP contribution < -0.4 is 10.2 Å². The number of anilines is 2. The molecular weight excluding hydrogens is 400 g/mol. The number of carbonyl (C=O) groups is 1. The van der Waals surface area contributed by atoms with Crippen molar-refractivity contribution in [3.8, 4) is 0 Å². The molecule has 2 amide bonds. The second-order valence-electron chi connectivity index (χ2n) is 6.91. The number of nitrogens with one attached hydrogen (secondary N) is 1. The van der Waals surface area contributed by atoms with E-state index in [4.69, 9.17) is 6.57 Å². The number of urea groups is 1. The maximum Gasteiger partial charge on any atom is 0.326 e. The fraction of sp³-hybridized carbons (Fsp3) is 0.167. The molecule has 0 bridgehead atoms. The minimum absolute atomic E-state index is 0.371. The minimum Gasteiger partial charge on any atom is -0.386 e. The molecule has 0 saturated heterocycles. The van der Waals surface area contributed by atoms with E-state index in [1.54, 1.807) is 24.3 Å².